The van der Waals surface area contributed by atoms with E-state index in [4.69, 9.17) is 9.47 Å². The molecule has 1 aromatic carbocycles. The van der Waals surface area contributed by atoms with Crippen LogP contribution in [0, 0.1) is 0 Å². The second-order valence-electron chi connectivity index (χ2n) is 8.65. The second-order valence-corrected chi connectivity index (χ2v) is 8.65. The third-order valence-corrected chi connectivity index (χ3v) is 5.07. The average molecular weight is 434 g/mol. The molecule has 0 radical (unpaired) electrons. The average Bonchev–Trinajstić information content (AvgIpc) is 2.75. The first kappa shape index (κ1) is 24.8. The Labute approximate surface area is 187 Å². The van der Waals surface area contributed by atoms with Crippen LogP contribution >= 0.6 is 0 Å². The van der Waals surface area contributed by atoms with Gasteiger partial charge in [0.2, 0.25) is 0 Å². The number of methoxy groups -OCH3 is 1. The molecule has 0 aliphatic carbocycles. The van der Waals surface area contributed by atoms with E-state index in [1.165, 1.54) is 5.56 Å². The summed E-state index contributed by atoms with van der Waals surface area (Å²) in [5.41, 5.74) is 0.734. The van der Waals surface area contributed by atoms with Crippen molar-refractivity contribution < 1.29 is 14.3 Å². The maximum Gasteiger partial charge on any atom is 0.410 e. The van der Waals surface area contributed by atoms with Crippen molar-refractivity contribution >= 4 is 12.1 Å². The number of nitrogens with zero attached hydrogens (tertiary/aromatic N) is 3. The summed E-state index contributed by atoms with van der Waals surface area (Å²) in [5.74, 6) is 1.73. The van der Waals surface area contributed by atoms with Crippen LogP contribution in [0.3, 0.4) is 0 Å². The van der Waals surface area contributed by atoms with Crippen LogP contribution in [0.4, 0.5) is 4.79 Å². The summed E-state index contributed by atoms with van der Waals surface area (Å²) in [4.78, 5) is 20.6. The Bertz CT molecular complexity index is 709. The monoisotopic (exact) mass is 433 g/mol. The van der Waals surface area contributed by atoms with Crippen molar-refractivity contribution in [1.29, 1.82) is 0 Å². The van der Waals surface area contributed by atoms with Crippen LogP contribution in [-0.4, -0.2) is 87.4 Å². The molecule has 1 aliphatic heterocycles. The molecule has 8 nitrogen and oxygen atoms in total. The SMILES string of the molecule is CN=C(NCCCN1CCN(C(=O)OC(C)(C)C)CC1)NCCc1ccccc1OC. The number of aliphatic imine (C=N–C) groups is 1. The lowest BCUT2D eigenvalue weighted by Gasteiger charge is -2.35. The molecule has 1 fully saturated rings. The van der Waals surface area contributed by atoms with Gasteiger partial charge >= 0.3 is 6.09 Å². The van der Waals surface area contributed by atoms with E-state index in [-0.39, 0.29) is 6.09 Å². The van der Waals surface area contributed by atoms with E-state index in [1.54, 1.807) is 19.1 Å². The summed E-state index contributed by atoms with van der Waals surface area (Å²) in [6.07, 6.45) is 1.67. The van der Waals surface area contributed by atoms with Crippen molar-refractivity contribution in [2.24, 2.45) is 4.99 Å². The van der Waals surface area contributed by atoms with E-state index in [2.05, 4.69) is 26.6 Å². The van der Waals surface area contributed by atoms with Gasteiger partial charge in [-0.25, -0.2) is 4.79 Å². The maximum absolute atomic E-state index is 12.1. The number of guanidine groups is 1. The van der Waals surface area contributed by atoms with Crippen LogP contribution in [-0.2, 0) is 11.2 Å². The van der Waals surface area contributed by atoms with Crippen molar-refractivity contribution in [2.75, 3.05) is 60.0 Å². The minimum atomic E-state index is -0.445. The summed E-state index contributed by atoms with van der Waals surface area (Å²) in [5, 5.41) is 6.73. The second kappa shape index (κ2) is 12.4. The fourth-order valence-electron chi connectivity index (χ4n) is 3.44. The van der Waals surface area contributed by atoms with Crippen LogP contribution in [0.1, 0.15) is 32.8 Å². The van der Waals surface area contributed by atoms with Gasteiger partial charge < -0.3 is 25.0 Å². The van der Waals surface area contributed by atoms with Gasteiger partial charge in [-0.05, 0) is 51.8 Å². The number of carbonyl (C=O) groups excluding carboxylic acids is 1. The fourth-order valence-corrected chi connectivity index (χ4v) is 3.44. The molecular formula is C23H39N5O3. The van der Waals surface area contributed by atoms with Crippen LogP contribution in [0.15, 0.2) is 29.3 Å². The molecule has 0 saturated carbocycles. The predicted octanol–water partition coefficient (Wildman–Crippen LogP) is 2.35. The number of piperazine rings is 1. The molecule has 8 heteroatoms. The van der Waals surface area contributed by atoms with Crippen LogP contribution in [0.5, 0.6) is 5.75 Å². The van der Waals surface area contributed by atoms with Gasteiger partial charge in [-0.2, -0.15) is 0 Å². The molecule has 0 aromatic heterocycles. The largest absolute Gasteiger partial charge is 0.496 e. The highest BCUT2D eigenvalue weighted by atomic mass is 16.6. The van der Waals surface area contributed by atoms with Crippen molar-refractivity contribution in [1.82, 2.24) is 20.4 Å². The molecule has 31 heavy (non-hydrogen) atoms. The van der Waals surface area contributed by atoms with Gasteiger partial charge in [0.25, 0.3) is 0 Å². The van der Waals surface area contributed by atoms with E-state index in [0.717, 1.165) is 57.3 Å². The number of hydrogen-bond acceptors (Lipinski definition) is 5. The zero-order chi connectivity index (χ0) is 22.7. The van der Waals surface area contributed by atoms with Crippen molar-refractivity contribution in [3.63, 3.8) is 0 Å². The van der Waals surface area contributed by atoms with Gasteiger partial charge in [-0.3, -0.25) is 9.89 Å². The molecule has 1 aliphatic rings. The van der Waals surface area contributed by atoms with Gasteiger partial charge in [0.15, 0.2) is 5.96 Å². The highest BCUT2D eigenvalue weighted by Gasteiger charge is 2.25. The van der Waals surface area contributed by atoms with E-state index in [9.17, 15) is 4.79 Å². The van der Waals surface area contributed by atoms with Gasteiger partial charge in [-0.1, -0.05) is 18.2 Å². The smallest absolute Gasteiger partial charge is 0.410 e. The van der Waals surface area contributed by atoms with E-state index < -0.39 is 5.60 Å². The quantitative estimate of drug-likeness (QED) is 0.372. The number of nitrogens with one attached hydrogen (secondary N) is 2. The number of hydrogen-bond donors (Lipinski definition) is 2. The third-order valence-electron chi connectivity index (χ3n) is 5.07. The summed E-state index contributed by atoms with van der Waals surface area (Å²) < 4.78 is 10.9. The number of ether oxygens (including phenoxy) is 2. The van der Waals surface area contributed by atoms with E-state index in [1.807, 2.05) is 39.0 Å². The molecule has 174 valence electrons. The number of para-hydroxylation sites is 1. The van der Waals surface area contributed by atoms with Gasteiger partial charge in [0.1, 0.15) is 11.4 Å². The zero-order valence-electron chi connectivity index (χ0n) is 19.7. The first-order chi connectivity index (χ1) is 14.8. The summed E-state index contributed by atoms with van der Waals surface area (Å²) >= 11 is 0. The van der Waals surface area contributed by atoms with Crippen LogP contribution in [0.2, 0.25) is 0 Å². The lowest BCUT2D eigenvalue weighted by molar-refractivity contribution is 0.0145. The number of benzene rings is 1. The first-order valence-electron chi connectivity index (χ1n) is 11.1. The first-order valence-corrected chi connectivity index (χ1v) is 11.1. The Morgan fingerprint density at radius 2 is 1.77 bits per heavy atom. The summed E-state index contributed by atoms with van der Waals surface area (Å²) in [6.45, 7) is 11.5. The number of rotatable bonds is 8. The number of carbonyl (C=O) groups is 1. The maximum atomic E-state index is 12.1. The lowest BCUT2D eigenvalue weighted by Crippen LogP contribution is -2.50. The lowest BCUT2D eigenvalue weighted by atomic mass is 10.1. The topological polar surface area (TPSA) is 78.4 Å². The minimum absolute atomic E-state index is 0.211. The molecule has 2 N–H and O–H groups in total. The molecule has 2 rings (SSSR count). The normalized spacial score (nSPS) is 15.5. The molecule has 0 bridgehead atoms. The van der Waals surface area contributed by atoms with Crippen molar-refractivity contribution in [3.8, 4) is 5.75 Å². The Balaban J connectivity index is 1.60. The molecule has 1 aromatic rings. The highest BCUT2D eigenvalue weighted by Crippen LogP contribution is 2.17. The van der Waals surface area contributed by atoms with Crippen LogP contribution < -0.4 is 15.4 Å². The van der Waals surface area contributed by atoms with Gasteiger partial charge in [-0.15, -0.1) is 0 Å². The molecule has 1 amide bonds. The van der Waals surface area contributed by atoms with Gasteiger partial charge in [0.05, 0.1) is 7.11 Å². The summed E-state index contributed by atoms with van der Waals surface area (Å²) in [7, 11) is 3.48. The van der Waals surface area contributed by atoms with Gasteiger partial charge in [0, 0.05) is 46.3 Å². The highest BCUT2D eigenvalue weighted by molar-refractivity contribution is 5.79. The van der Waals surface area contributed by atoms with E-state index in [0.29, 0.717) is 13.1 Å². The Kier molecular flexibility index (Phi) is 9.91. The molecule has 0 spiro atoms. The Hall–Kier alpha value is -2.48. The molecule has 1 heterocycles. The van der Waals surface area contributed by atoms with Crippen molar-refractivity contribution in [2.45, 2.75) is 39.2 Å². The zero-order valence-corrected chi connectivity index (χ0v) is 19.7. The standard InChI is InChI=1S/C23H39N5O3/c1-23(2,3)31-22(29)28-17-15-27(16-18-28)14-8-12-25-21(24-4)26-13-11-19-9-6-7-10-20(19)30-5/h6-7,9-10H,8,11-18H2,1-5H3,(H2,24,25,26). The molecule has 0 unspecified atom stereocenters. The predicted molar refractivity (Wildman–Crippen MR) is 125 cm³/mol. The summed E-state index contributed by atoms with van der Waals surface area (Å²) in [6, 6.07) is 8.07. The molecular weight excluding hydrogens is 394 g/mol. The minimum Gasteiger partial charge on any atom is -0.496 e. The fraction of sp³-hybridized carbons (Fsp3) is 0.652. The number of amides is 1. The molecule has 1 saturated heterocycles. The van der Waals surface area contributed by atoms with Crippen LogP contribution in [0.25, 0.3) is 0 Å². The Morgan fingerprint density at radius 1 is 1.10 bits per heavy atom. The van der Waals surface area contributed by atoms with Crippen molar-refractivity contribution in [3.05, 3.63) is 29.8 Å². The van der Waals surface area contributed by atoms with E-state index >= 15 is 0 Å². The molecule has 0 atom stereocenters. The Morgan fingerprint density at radius 3 is 2.42 bits per heavy atom. The third kappa shape index (κ3) is 9.04.